The number of benzene rings is 1. The molecule has 23 heavy (non-hydrogen) atoms. The van der Waals surface area contributed by atoms with Crippen molar-refractivity contribution in [1.29, 1.82) is 0 Å². The van der Waals surface area contributed by atoms with Crippen LogP contribution >= 0.6 is 0 Å². The number of carbonyl (C=O) groups excluding carboxylic acids is 1. The minimum Gasteiger partial charge on any atom is -0.497 e. The molecule has 1 aliphatic heterocycles. The van der Waals surface area contributed by atoms with Crippen molar-refractivity contribution in [3.8, 4) is 5.75 Å². The van der Waals surface area contributed by atoms with Gasteiger partial charge in [0.2, 0.25) is 5.91 Å². The minimum atomic E-state index is -0.452. The van der Waals surface area contributed by atoms with Gasteiger partial charge in [-0.2, -0.15) is 0 Å². The van der Waals surface area contributed by atoms with E-state index in [2.05, 4.69) is 4.90 Å². The molecule has 0 spiro atoms. The fourth-order valence-corrected chi connectivity index (χ4v) is 2.81. The molecular weight excluding hydrogens is 296 g/mol. The molecule has 0 radical (unpaired) electrons. The molecule has 1 amide bonds. The van der Waals surface area contributed by atoms with Crippen LogP contribution in [0.3, 0.4) is 0 Å². The van der Waals surface area contributed by atoms with E-state index in [4.69, 9.17) is 9.15 Å². The second-order valence-electron chi connectivity index (χ2n) is 5.81. The average molecular weight is 316 g/mol. The Kier molecular flexibility index (Phi) is 4.34. The second-order valence-corrected chi connectivity index (χ2v) is 5.81. The van der Waals surface area contributed by atoms with E-state index in [1.54, 1.807) is 19.2 Å². The summed E-state index contributed by atoms with van der Waals surface area (Å²) in [5.41, 5.74) is 0.688. The predicted octanol–water partition coefficient (Wildman–Crippen LogP) is 1.12. The van der Waals surface area contributed by atoms with Crippen LogP contribution in [0.1, 0.15) is 5.56 Å². The monoisotopic (exact) mass is 316 g/mol. The number of nitrogens with zero attached hydrogens (tertiary/aromatic N) is 2. The summed E-state index contributed by atoms with van der Waals surface area (Å²) < 4.78 is 10.4. The third-order valence-electron chi connectivity index (χ3n) is 4.24. The van der Waals surface area contributed by atoms with Gasteiger partial charge in [0.1, 0.15) is 11.3 Å². The number of carbonyl (C=O) groups is 1. The highest BCUT2D eigenvalue weighted by molar-refractivity contribution is 5.87. The summed E-state index contributed by atoms with van der Waals surface area (Å²) in [5, 5.41) is 0.771. The standard InChI is InChI=1S/C17H20N2O4/c1-18-5-7-19(8-6-18)16(20)9-12-10-17(21)23-15-11-13(22-2)3-4-14(12)15/h3-4,10-11H,5-9H2,1-2H3. The Morgan fingerprint density at radius 1 is 1.22 bits per heavy atom. The van der Waals surface area contributed by atoms with Crippen molar-refractivity contribution in [1.82, 2.24) is 9.80 Å². The van der Waals surface area contributed by atoms with Crippen molar-refractivity contribution in [3.05, 3.63) is 40.2 Å². The molecule has 2 heterocycles. The number of likely N-dealkylation sites (N-methyl/N-ethyl adjacent to an activating group) is 1. The van der Waals surface area contributed by atoms with Gasteiger partial charge >= 0.3 is 5.63 Å². The third-order valence-corrected chi connectivity index (χ3v) is 4.24. The molecule has 6 nitrogen and oxygen atoms in total. The largest absolute Gasteiger partial charge is 0.497 e. The molecule has 0 N–H and O–H groups in total. The summed E-state index contributed by atoms with van der Waals surface area (Å²) in [4.78, 5) is 28.3. The molecule has 0 saturated carbocycles. The van der Waals surface area contributed by atoms with E-state index in [1.165, 1.54) is 6.07 Å². The number of hydrogen-bond donors (Lipinski definition) is 0. The predicted molar refractivity (Wildman–Crippen MR) is 86.8 cm³/mol. The van der Waals surface area contributed by atoms with Crippen LogP contribution < -0.4 is 10.4 Å². The summed E-state index contributed by atoms with van der Waals surface area (Å²) in [6.07, 6.45) is 0.206. The van der Waals surface area contributed by atoms with Crippen LogP contribution in [0.4, 0.5) is 0 Å². The molecule has 0 unspecified atom stereocenters. The van der Waals surface area contributed by atoms with Crippen molar-refractivity contribution in [3.63, 3.8) is 0 Å². The van der Waals surface area contributed by atoms with E-state index in [1.807, 2.05) is 18.0 Å². The van der Waals surface area contributed by atoms with Gasteiger partial charge in [-0.15, -0.1) is 0 Å². The van der Waals surface area contributed by atoms with Crippen molar-refractivity contribution < 1.29 is 13.9 Å². The number of fused-ring (bicyclic) bond motifs is 1. The summed E-state index contributed by atoms with van der Waals surface area (Å²) in [6.45, 7) is 3.20. The van der Waals surface area contributed by atoms with Crippen LogP contribution in [0.2, 0.25) is 0 Å². The lowest BCUT2D eigenvalue weighted by molar-refractivity contribution is -0.132. The Bertz CT molecular complexity index is 776. The summed E-state index contributed by atoms with van der Waals surface area (Å²) >= 11 is 0. The van der Waals surface area contributed by atoms with E-state index < -0.39 is 5.63 Å². The van der Waals surface area contributed by atoms with Gasteiger partial charge in [-0.25, -0.2) is 4.79 Å². The summed E-state index contributed by atoms with van der Waals surface area (Å²) in [5.74, 6) is 0.656. The SMILES string of the molecule is COc1ccc2c(CC(=O)N3CCN(C)CC3)cc(=O)oc2c1. The first-order chi connectivity index (χ1) is 11.1. The molecule has 2 aromatic rings. The van der Waals surface area contributed by atoms with Crippen molar-refractivity contribution in [2.45, 2.75) is 6.42 Å². The van der Waals surface area contributed by atoms with Crippen LogP contribution in [0.5, 0.6) is 5.75 Å². The molecule has 1 aliphatic rings. The fourth-order valence-electron chi connectivity index (χ4n) is 2.81. The van der Waals surface area contributed by atoms with Gasteiger partial charge in [0, 0.05) is 43.7 Å². The smallest absolute Gasteiger partial charge is 0.336 e. The number of methoxy groups -OCH3 is 1. The first kappa shape index (κ1) is 15.6. The molecule has 1 saturated heterocycles. The molecule has 3 rings (SSSR count). The maximum absolute atomic E-state index is 12.5. The van der Waals surface area contributed by atoms with E-state index in [-0.39, 0.29) is 12.3 Å². The molecule has 0 atom stereocenters. The van der Waals surface area contributed by atoms with E-state index in [0.29, 0.717) is 16.9 Å². The summed E-state index contributed by atoms with van der Waals surface area (Å²) in [7, 11) is 3.60. The Hall–Kier alpha value is -2.34. The number of amides is 1. The molecular formula is C17H20N2O4. The van der Waals surface area contributed by atoms with E-state index in [0.717, 1.165) is 31.6 Å². The molecule has 122 valence electrons. The van der Waals surface area contributed by atoms with Crippen LogP contribution in [-0.4, -0.2) is 56.0 Å². The zero-order valence-electron chi connectivity index (χ0n) is 13.4. The zero-order chi connectivity index (χ0) is 16.4. The highest BCUT2D eigenvalue weighted by Crippen LogP contribution is 2.23. The van der Waals surface area contributed by atoms with Gasteiger partial charge in [-0.1, -0.05) is 0 Å². The molecule has 0 bridgehead atoms. The maximum atomic E-state index is 12.5. The molecule has 1 aromatic carbocycles. The fraction of sp³-hybridized carbons (Fsp3) is 0.412. The Balaban J connectivity index is 1.87. The number of hydrogen-bond acceptors (Lipinski definition) is 5. The Morgan fingerprint density at radius 2 is 1.96 bits per heavy atom. The topological polar surface area (TPSA) is 63.0 Å². The minimum absolute atomic E-state index is 0.0424. The third kappa shape index (κ3) is 3.37. The molecule has 6 heteroatoms. The number of piperazine rings is 1. The zero-order valence-corrected chi connectivity index (χ0v) is 13.4. The number of rotatable bonds is 3. The molecule has 1 fully saturated rings. The lowest BCUT2D eigenvalue weighted by Crippen LogP contribution is -2.47. The quantitative estimate of drug-likeness (QED) is 0.794. The molecule has 0 aliphatic carbocycles. The molecule has 1 aromatic heterocycles. The average Bonchev–Trinajstić information content (AvgIpc) is 2.54. The van der Waals surface area contributed by atoms with Crippen LogP contribution in [0.25, 0.3) is 11.0 Å². The first-order valence-electron chi connectivity index (χ1n) is 7.64. The van der Waals surface area contributed by atoms with Crippen LogP contribution in [0.15, 0.2) is 33.5 Å². The van der Waals surface area contributed by atoms with Crippen LogP contribution in [0, 0.1) is 0 Å². The van der Waals surface area contributed by atoms with Crippen molar-refractivity contribution in [2.75, 3.05) is 40.3 Å². The Labute approximate surface area is 134 Å². The highest BCUT2D eigenvalue weighted by Gasteiger charge is 2.20. The lowest BCUT2D eigenvalue weighted by atomic mass is 10.1. The van der Waals surface area contributed by atoms with Crippen LogP contribution in [-0.2, 0) is 11.2 Å². The summed E-state index contributed by atoms with van der Waals surface area (Å²) in [6, 6.07) is 6.69. The van der Waals surface area contributed by atoms with E-state index in [9.17, 15) is 9.59 Å². The number of ether oxygens (including phenoxy) is 1. The van der Waals surface area contributed by atoms with Gasteiger partial charge in [-0.3, -0.25) is 4.79 Å². The van der Waals surface area contributed by atoms with Crippen molar-refractivity contribution in [2.24, 2.45) is 0 Å². The maximum Gasteiger partial charge on any atom is 0.336 e. The van der Waals surface area contributed by atoms with Gasteiger partial charge in [0.05, 0.1) is 13.5 Å². The van der Waals surface area contributed by atoms with Gasteiger partial charge in [0.25, 0.3) is 0 Å². The van der Waals surface area contributed by atoms with Gasteiger partial charge < -0.3 is 19.0 Å². The van der Waals surface area contributed by atoms with Gasteiger partial charge in [0.15, 0.2) is 0 Å². The Morgan fingerprint density at radius 3 is 2.65 bits per heavy atom. The second kappa shape index (κ2) is 6.42. The first-order valence-corrected chi connectivity index (χ1v) is 7.64. The lowest BCUT2D eigenvalue weighted by Gasteiger charge is -2.32. The highest BCUT2D eigenvalue weighted by atomic mass is 16.5. The van der Waals surface area contributed by atoms with E-state index >= 15 is 0 Å². The normalized spacial score (nSPS) is 15.8. The van der Waals surface area contributed by atoms with Gasteiger partial charge in [-0.05, 0) is 24.7 Å². The van der Waals surface area contributed by atoms with Crippen molar-refractivity contribution >= 4 is 16.9 Å².